The fourth-order valence-electron chi connectivity index (χ4n) is 3.14. The van der Waals surface area contributed by atoms with Crippen molar-refractivity contribution in [2.24, 2.45) is 17.5 Å². The van der Waals surface area contributed by atoms with Crippen molar-refractivity contribution in [1.29, 1.82) is 0 Å². The van der Waals surface area contributed by atoms with Gasteiger partial charge in [-0.2, -0.15) is 0 Å². The predicted octanol–water partition coefficient (Wildman–Crippen LogP) is 3.26. The lowest BCUT2D eigenvalue weighted by atomic mass is 10.0. The SMILES string of the molecule is Cc1ccc(Nc2cc(N(N)C(C)CC(C)C)nnc2C(N)=O)nc1C(C)C. The number of hydrogen-bond donors (Lipinski definition) is 3. The van der Waals surface area contributed by atoms with E-state index in [1.807, 2.05) is 26.0 Å². The van der Waals surface area contributed by atoms with Crippen LogP contribution in [0.15, 0.2) is 18.2 Å². The number of hydrogen-bond acceptors (Lipinski definition) is 7. The van der Waals surface area contributed by atoms with Gasteiger partial charge >= 0.3 is 0 Å². The summed E-state index contributed by atoms with van der Waals surface area (Å²) in [4.78, 5) is 16.5. The van der Waals surface area contributed by atoms with Gasteiger partial charge in [0.25, 0.3) is 5.91 Å². The number of nitrogens with zero attached hydrogens (tertiary/aromatic N) is 4. The van der Waals surface area contributed by atoms with E-state index in [0.717, 1.165) is 17.7 Å². The smallest absolute Gasteiger partial charge is 0.271 e. The number of nitrogens with two attached hydrogens (primary N) is 2. The Morgan fingerprint density at radius 1 is 1.18 bits per heavy atom. The molecule has 8 nitrogen and oxygen atoms in total. The molecule has 0 radical (unpaired) electrons. The third kappa shape index (κ3) is 5.16. The van der Waals surface area contributed by atoms with Crippen molar-refractivity contribution >= 4 is 23.2 Å². The number of carbonyl (C=O) groups is 1. The molecule has 0 aliphatic carbocycles. The third-order valence-corrected chi connectivity index (χ3v) is 4.51. The molecule has 0 aliphatic heterocycles. The second-order valence-electron chi connectivity index (χ2n) is 7.89. The first-order valence-corrected chi connectivity index (χ1v) is 9.56. The molecule has 2 aromatic rings. The summed E-state index contributed by atoms with van der Waals surface area (Å²) < 4.78 is 0. The number of rotatable bonds is 8. The molecule has 2 aromatic heterocycles. The van der Waals surface area contributed by atoms with Gasteiger partial charge in [0.2, 0.25) is 0 Å². The molecule has 0 aromatic carbocycles. The van der Waals surface area contributed by atoms with Crippen LogP contribution in [0.25, 0.3) is 0 Å². The largest absolute Gasteiger partial charge is 0.364 e. The zero-order chi connectivity index (χ0) is 21.0. The van der Waals surface area contributed by atoms with Gasteiger partial charge in [0.15, 0.2) is 11.5 Å². The zero-order valence-corrected chi connectivity index (χ0v) is 17.5. The number of primary amides is 1. The molecule has 0 bridgehead atoms. The molecule has 152 valence electrons. The van der Waals surface area contributed by atoms with E-state index in [2.05, 4.69) is 48.2 Å². The summed E-state index contributed by atoms with van der Waals surface area (Å²) in [6.07, 6.45) is 0.899. The van der Waals surface area contributed by atoms with Crippen LogP contribution in [0.4, 0.5) is 17.3 Å². The second kappa shape index (κ2) is 8.97. The van der Waals surface area contributed by atoms with Gasteiger partial charge < -0.3 is 11.1 Å². The normalized spacial score (nSPS) is 12.3. The number of nitrogens with one attached hydrogen (secondary N) is 1. The summed E-state index contributed by atoms with van der Waals surface area (Å²) in [6, 6.07) is 5.59. The fourth-order valence-corrected chi connectivity index (χ4v) is 3.14. The highest BCUT2D eigenvalue weighted by atomic mass is 16.1. The molecule has 0 saturated carbocycles. The van der Waals surface area contributed by atoms with Crippen LogP contribution in [0.1, 0.15) is 68.7 Å². The Bertz CT molecular complexity index is 835. The van der Waals surface area contributed by atoms with Crippen LogP contribution < -0.4 is 21.9 Å². The van der Waals surface area contributed by atoms with Crippen molar-refractivity contribution in [3.8, 4) is 0 Å². The van der Waals surface area contributed by atoms with Crippen LogP contribution in [-0.2, 0) is 0 Å². The summed E-state index contributed by atoms with van der Waals surface area (Å²) in [7, 11) is 0. The Morgan fingerprint density at radius 2 is 1.86 bits per heavy atom. The standard InChI is InChI=1S/C20H31N7O/c1-11(2)9-14(6)27(22)17-10-15(19(20(21)28)26-25-17)23-16-8-7-13(5)18(24-16)12(3)4/h7-8,10-12,14H,9,22H2,1-6H3,(H2,21,28)(H,23,24,25). The van der Waals surface area contributed by atoms with E-state index in [1.54, 1.807) is 11.1 Å². The number of pyridine rings is 1. The molecule has 0 saturated heterocycles. The molecule has 5 N–H and O–H groups in total. The highest BCUT2D eigenvalue weighted by Gasteiger charge is 2.19. The quantitative estimate of drug-likeness (QED) is 0.471. The first-order chi connectivity index (χ1) is 13.1. The molecule has 2 heterocycles. The second-order valence-corrected chi connectivity index (χ2v) is 7.89. The number of aromatic nitrogens is 3. The summed E-state index contributed by atoms with van der Waals surface area (Å²) >= 11 is 0. The molecule has 1 atom stereocenters. The van der Waals surface area contributed by atoms with Crippen LogP contribution in [0.2, 0.25) is 0 Å². The molecule has 0 spiro atoms. The molecule has 0 fully saturated rings. The van der Waals surface area contributed by atoms with E-state index in [0.29, 0.717) is 23.2 Å². The van der Waals surface area contributed by atoms with Crippen LogP contribution in [0.5, 0.6) is 0 Å². The summed E-state index contributed by atoms with van der Waals surface area (Å²) in [6.45, 7) is 12.5. The average molecular weight is 386 g/mol. The number of amides is 1. The van der Waals surface area contributed by atoms with Gasteiger partial charge in [-0.3, -0.25) is 9.80 Å². The topological polar surface area (TPSA) is 123 Å². The Morgan fingerprint density at radius 3 is 2.43 bits per heavy atom. The number of anilines is 3. The highest BCUT2D eigenvalue weighted by Crippen LogP contribution is 2.25. The van der Waals surface area contributed by atoms with E-state index >= 15 is 0 Å². The maximum atomic E-state index is 11.8. The first-order valence-electron chi connectivity index (χ1n) is 9.56. The number of carbonyl (C=O) groups excluding carboxylic acids is 1. The molecule has 2 rings (SSSR count). The van der Waals surface area contributed by atoms with Gasteiger partial charge in [0, 0.05) is 17.8 Å². The van der Waals surface area contributed by atoms with Gasteiger partial charge in [0.1, 0.15) is 5.82 Å². The van der Waals surface area contributed by atoms with Gasteiger partial charge in [-0.1, -0.05) is 33.8 Å². The predicted molar refractivity (Wildman–Crippen MR) is 112 cm³/mol. The number of aryl methyl sites for hydroxylation is 1. The van der Waals surface area contributed by atoms with Crippen molar-refractivity contribution in [1.82, 2.24) is 15.2 Å². The maximum absolute atomic E-state index is 11.8. The molecule has 0 aliphatic rings. The minimum absolute atomic E-state index is 0.0436. The van der Waals surface area contributed by atoms with E-state index in [9.17, 15) is 4.79 Å². The van der Waals surface area contributed by atoms with Gasteiger partial charge in [-0.25, -0.2) is 10.8 Å². The van der Waals surface area contributed by atoms with E-state index in [-0.39, 0.29) is 17.7 Å². The van der Waals surface area contributed by atoms with Crippen LogP contribution >= 0.6 is 0 Å². The molecule has 1 amide bonds. The van der Waals surface area contributed by atoms with Crippen LogP contribution in [0.3, 0.4) is 0 Å². The molecule has 1 unspecified atom stereocenters. The Balaban J connectivity index is 2.39. The Kier molecular flexibility index (Phi) is 6.90. The minimum atomic E-state index is -0.670. The summed E-state index contributed by atoms with van der Waals surface area (Å²) in [5, 5.41) is 12.8. The van der Waals surface area contributed by atoms with E-state index in [4.69, 9.17) is 11.6 Å². The Labute approximate surface area is 166 Å². The molecular formula is C20H31N7O. The monoisotopic (exact) mass is 385 g/mol. The van der Waals surface area contributed by atoms with Crippen molar-refractivity contribution < 1.29 is 4.79 Å². The first kappa shape index (κ1) is 21.6. The van der Waals surface area contributed by atoms with Gasteiger partial charge in [-0.15, -0.1) is 10.2 Å². The van der Waals surface area contributed by atoms with Crippen LogP contribution in [0, 0.1) is 12.8 Å². The van der Waals surface area contributed by atoms with Gasteiger partial charge in [0.05, 0.1) is 5.69 Å². The van der Waals surface area contributed by atoms with E-state index in [1.165, 1.54) is 0 Å². The molecule has 28 heavy (non-hydrogen) atoms. The maximum Gasteiger partial charge on any atom is 0.271 e. The van der Waals surface area contributed by atoms with E-state index < -0.39 is 5.91 Å². The fraction of sp³-hybridized carbons (Fsp3) is 0.500. The lowest BCUT2D eigenvalue weighted by Gasteiger charge is -2.26. The van der Waals surface area contributed by atoms with Crippen molar-refractivity contribution in [2.45, 2.75) is 59.9 Å². The lowest BCUT2D eigenvalue weighted by molar-refractivity contribution is 0.0995. The zero-order valence-electron chi connectivity index (χ0n) is 17.5. The summed E-state index contributed by atoms with van der Waals surface area (Å²) in [5.41, 5.74) is 8.04. The minimum Gasteiger partial charge on any atom is -0.364 e. The van der Waals surface area contributed by atoms with Crippen molar-refractivity contribution in [2.75, 3.05) is 10.3 Å². The lowest BCUT2D eigenvalue weighted by Crippen LogP contribution is -2.41. The highest BCUT2D eigenvalue weighted by molar-refractivity contribution is 5.97. The third-order valence-electron chi connectivity index (χ3n) is 4.51. The summed E-state index contributed by atoms with van der Waals surface area (Å²) in [5.74, 6) is 7.39. The Hall–Kier alpha value is -2.74. The van der Waals surface area contributed by atoms with Crippen LogP contribution in [-0.4, -0.2) is 27.1 Å². The number of hydrazine groups is 1. The van der Waals surface area contributed by atoms with Gasteiger partial charge in [-0.05, 0) is 43.7 Å². The molecule has 8 heteroatoms. The average Bonchev–Trinajstić information content (AvgIpc) is 2.61. The molecular weight excluding hydrogens is 354 g/mol. The van der Waals surface area contributed by atoms with Crippen molar-refractivity contribution in [3.63, 3.8) is 0 Å². The van der Waals surface area contributed by atoms with Crippen molar-refractivity contribution in [3.05, 3.63) is 35.2 Å².